The van der Waals surface area contributed by atoms with Gasteiger partial charge < -0.3 is 0 Å². The molecule has 0 saturated carbocycles. The van der Waals surface area contributed by atoms with E-state index < -0.39 is 0 Å². The summed E-state index contributed by atoms with van der Waals surface area (Å²) in [6.45, 7) is 18.9. The van der Waals surface area contributed by atoms with Crippen molar-refractivity contribution in [2.45, 2.75) is 84.5 Å². The van der Waals surface area contributed by atoms with Crippen molar-refractivity contribution in [1.29, 1.82) is 0 Å². The molecule has 0 amide bonds. The summed E-state index contributed by atoms with van der Waals surface area (Å²) in [7, 11) is 0. The van der Waals surface area contributed by atoms with Crippen LogP contribution in [0, 0.1) is 20.2 Å². The summed E-state index contributed by atoms with van der Waals surface area (Å²) in [6.07, 6.45) is 6.26. The van der Waals surface area contributed by atoms with Crippen LogP contribution in [0.4, 0.5) is 0 Å². The molecule has 2 heterocycles. The normalized spacial score (nSPS) is 19.1. The lowest BCUT2D eigenvalue weighted by atomic mass is 9.61. The van der Waals surface area contributed by atoms with E-state index in [9.17, 15) is 0 Å². The molecule has 1 aromatic heterocycles. The Hall–Kier alpha value is -2.87. The van der Waals surface area contributed by atoms with Crippen LogP contribution in [0.25, 0.3) is 22.4 Å². The minimum atomic E-state index is -0.0810. The van der Waals surface area contributed by atoms with E-state index in [0.29, 0.717) is 0 Å². The highest BCUT2D eigenvalue weighted by Crippen LogP contribution is 2.50. The molecule has 0 atom stereocenters. The van der Waals surface area contributed by atoms with Crippen molar-refractivity contribution in [3.63, 3.8) is 0 Å². The molecule has 0 bridgehead atoms. The van der Waals surface area contributed by atoms with Gasteiger partial charge in [0.15, 0.2) is 0 Å². The minimum Gasteiger partial charge on any atom is -0.291 e. The van der Waals surface area contributed by atoms with E-state index in [0.717, 1.165) is 0 Å². The molecule has 174 valence electrons. The summed E-state index contributed by atoms with van der Waals surface area (Å²) in [4.78, 5) is 0. The average molecular weight is 449 g/mol. The van der Waals surface area contributed by atoms with E-state index in [4.69, 9.17) is 0 Å². The van der Waals surface area contributed by atoms with Crippen LogP contribution < -0.4 is 4.57 Å². The molecule has 0 radical (unpaired) electrons. The lowest BCUT2D eigenvalue weighted by Gasteiger charge is -2.44. The molecule has 1 aliphatic heterocycles. The Balaban J connectivity index is 1.74. The summed E-state index contributed by atoms with van der Waals surface area (Å²) in [5.74, 6) is 0. The Bertz CT molecular complexity index is 1470. The van der Waals surface area contributed by atoms with Crippen LogP contribution in [0.1, 0.15) is 87.8 Å². The van der Waals surface area contributed by atoms with Gasteiger partial charge in [-0.3, -0.25) is 9.13 Å². The van der Waals surface area contributed by atoms with Gasteiger partial charge in [0.05, 0.1) is 22.4 Å². The van der Waals surface area contributed by atoms with Crippen molar-refractivity contribution in [3.05, 3.63) is 88.2 Å². The molecular weight excluding hydrogens is 412 g/mol. The van der Waals surface area contributed by atoms with E-state index in [-0.39, 0.29) is 16.2 Å². The predicted octanol–water partition coefficient (Wildman–Crippen LogP) is 7.31. The third kappa shape index (κ3) is 2.72. The van der Waals surface area contributed by atoms with Crippen molar-refractivity contribution >= 4 is 11.0 Å². The van der Waals surface area contributed by atoms with Gasteiger partial charge >= 0.3 is 0 Å². The highest BCUT2D eigenvalue weighted by Gasteiger charge is 2.41. The molecule has 0 fully saturated rings. The second-order valence-electron chi connectivity index (χ2n) is 12.5. The van der Waals surface area contributed by atoms with Crippen molar-refractivity contribution < 1.29 is 4.57 Å². The first-order chi connectivity index (χ1) is 15.9. The van der Waals surface area contributed by atoms with E-state index >= 15 is 0 Å². The van der Waals surface area contributed by atoms with Crippen LogP contribution in [-0.2, 0) is 16.2 Å². The fourth-order valence-corrected chi connectivity index (χ4v) is 6.59. The Morgan fingerprint density at radius 1 is 0.735 bits per heavy atom. The average Bonchev–Trinajstić information content (AvgIpc) is 3.15. The van der Waals surface area contributed by atoms with Crippen LogP contribution in [0.15, 0.2) is 48.5 Å². The van der Waals surface area contributed by atoms with Gasteiger partial charge in [0.1, 0.15) is 0 Å². The lowest BCUT2D eigenvalue weighted by Crippen LogP contribution is -2.43. The Labute approximate surface area is 204 Å². The predicted molar refractivity (Wildman–Crippen MR) is 141 cm³/mol. The zero-order valence-corrected chi connectivity index (χ0v) is 21.9. The molecular formula is C32H36N2. The standard InChI is InChI=1S/C32H36N2/c1-20-11-9-12-21(2)28(20)33-19-34-27-18-24-23(30(3,4)15-16-31(24,5)6)17-25(27)32(7,8)22-13-10-14-26(33)29(22)34/h9-14,17-18H,15-16H2,1-8H3. The van der Waals surface area contributed by atoms with Crippen molar-refractivity contribution in [2.24, 2.45) is 0 Å². The number of benzene rings is 3. The molecule has 0 N–H and O–H groups in total. The largest absolute Gasteiger partial charge is 0.291 e. The SMILES string of the molecule is Cc1cccc(C)c1-n1[c-][n+]2c3c(cccc31)C(C)(C)c1cc3c(cc1-2)C(C)(C)CCC3(C)C. The molecule has 4 aromatic rings. The van der Waals surface area contributed by atoms with Crippen LogP contribution in [-0.4, -0.2) is 4.57 Å². The zero-order chi connectivity index (χ0) is 24.2. The molecule has 2 heteroatoms. The molecule has 34 heavy (non-hydrogen) atoms. The number of rotatable bonds is 1. The first kappa shape index (κ1) is 21.6. The summed E-state index contributed by atoms with van der Waals surface area (Å²) in [6, 6.07) is 18.4. The molecule has 6 rings (SSSR count). The molecule has 3 aromatic carbocycles. The maximum absolute atomic E-state index is 3.81. The fourth-order valence-electron chi connectivity index (χ4n) is 6.59. The topological polar surface area (TPSA) is 8.81 Å². The summed E-state index contributed by atoms with van der Waals surface area (Å²) >= 11 is 0. The number of hydrogen-bond acceptors (Lipinski definition) is 0. The number of para-hydroxylation sites is 2. The van der Waals surface area contributed by atoms with E-state index in [1.54, 1.807) is 0 Å². The lowest BCUT2D eigenvalue weighted by molar-refractivity contribution is -0.575. The van der Waals surface area contributed by atoms with Crippen LogP contribution in [0.2, 0.25) is 0 Å². The number of imidazole rings is 1. The van der Waals surface area contributed by atoms with Crippen LogP contribution >= 0.6 is 0 Å². The van der Waals surface area contributed by atoms with Crippen LogP contribution in [0.5, 0.6) is 0 Å². The second-order valence-corrected chi connectivity index (χ2v) is 12.5. The van der Waals surface area contributed by atoms with Gasteiger partial charge in [-0.2, -0.15) is 0 Å². The first-order valence-corrected chi connectivity index (χ1v) is 12.7. The van der Waals surface area contributed by atoms with Gasteiger partial charge in [-0.25, -0.2) is 0 Å². The third-order valence-electron chi connectivity index (χ3n) is 8.90. The molecule has 2 aliphatic rings. The zero-order valence-electron chi connectivity index (χ0n) is 21.9. The monoisotopic (exact) mass is 448 g/mol. The first-order valence-electron chi connectivity index (χ1n) is 12.7. The molecule has 1 aliphatic carbocycles. The number of fused-ring (bicyclic) bond motifs is 3. The van der Waals surface area contributed by atoms with E-state index in [2.05, 4.69) is 119 Å². The van der Waals surface area contributed by atoms with Crippen molar-refractivity contribution in [2.75, 3.05) is 0 Å². The molecule has 2 nitrogen and oxygen atoms in total. The second kappa shape index (κ2) is 6.62. The summed E-state index contributed by atoms with van der Waals surface area (Å²) in [5, 5.41) is 0. The Morgan fingerprint density at radius 3 is 1.97 bits per heavy atom. The maximum atomic E-state index is 3.81. The van der Waals surface area contributed by atoms with Crippen molar-refractivity contribution in [1.82, 2.24) is 4.57 Å². The highest BCUT2D eigenvalue weighted by atomic mass is 15.2. The summed E-state index contributed by atoms with van der Waals surface area (Å²) < 4.78 is 4.65. The van der Waals surface area contributed by atoms with Crippen LogP contribution in [0.3, 0.4) is 0 Å². The smallest absolute Gasteiger partial charge is 0.269 e. The minimum absolute atomic E-state index is 0.0810. The molecule has 0 unspecified atom stereocenters. The maximum Gasteiger partial charge on any atom is 0.269 e. The van der Waals surface area contributed by atoms with Gasteiger partial charge in [-0.15, -0.1) is 0 Å². The third-order valence-corrected chi connectivity index (χ3v) is 8.90. The highest BCUT2D eigenvalue weighted by molar-refractivity contribution is 5.82. The van der Waals surface area contributed by atoms with Gasteiger partial charge in [0.2, 0.25) is 0 Å². The van der Waals surface area contributed by atoms with Gasteiger partial charge in [0.25, 0.3) is 6.33 Å². The number of nitrogens with zero attached hydrogens (tertiary/aromatic N) is 2. The molecule has 0 spiro atoms. The quantitative estimate of drug-likeness (QED) is 0.213. The van der Waals surface area contributed by atoms with Gasteiger partial charge in [-0.1, -0.05) is 84.0 Å². The van der Waals surface area contributed by atoms with Gasteiger partial charge in [0, 0.05) is 5.41 Å². The van der Waals surface area contributed by atoms with E-state index in [1.807, 2.05) is 0 Å². The Kier molecular flexibility index (Phi) is 4.22. The number of aromatic nitrogens is 2. The van der Waals surface area contributed by atoms with Crippen molar-refractivity contribution in [3.8, 4) is 11.4 Å². The number of hydrogen-bond donors (Lipinski definition) is 0. The summed E-state index contributed by atoms with van der Waals surface area (Å²) in [5.41, 5.74) is 13.7. The van der Waals surface area contributed by atoms with E-state index in [1.165, 1.54) is 68.6 Å². The Morgan fingerprint density at radius 2 is 1.32 bits per heavy atom. The fraction of sp³-hybridized carbons (Fsp3) is 0.406. The van der Waals surface area contributed by atoms with Gasteiger partial charge in [-0.05, 0) is 77.0 Å². The molecule has 0 saturated heterocycles. The number of aryl methyl sites for hydroxylation is 2.